The second-order valence-electron chi connectivity index (χ2n) is 13.0. The Hall–Kier alpha value is -3.99. The molecule has 210 valence electrons. The normalized spacial score (nSPS) is 12.6. The molecule has 0 radical (unpaired) electrons. The number of hydrogen-bond acceptors (Lipinski definition) is 2. The largest absolute Gasteiger partial charge is 0.417 e. The number of hydrogen-bond donors (Lipinski definition) is 0. The minimum Gasteiger partial charge on any atom is -0.236 e. The highest BCUT2D eigenvalue weighted by Gasteiger charge is 2.34. The second kappa shape index (κ2) is 10.4. The van der Waals surface area contributed by atoms with Crippen LogP contribution in [0.3, 0.4) is 0 Å². The average molecular weight is 553 g/mol. The Morgan fingerprint density at radius 3 is 1.90 bits per heavy atom. The number of aromatic nitrogens is 2. The van der Waals surface area contributed by atoms with Crippen LogP contribution in [0.4, 0.5) is 13.2 Å². The predicted octanol–water partition coefficient (Wildman–Crippen LogP) is 10.5. The molecule has 5 rings (SSSR count). The first-order valence-corrected chi connectivity index (χ1v) is 13.9. The van der Waals surface area contributed by atoms with Gasteiger partial charge in [0.2, 0.25) is 0 Å². The maximum Gasteiger partial charge on any atom is 0.417 e. The van der Waals surface area contributed by atoms with Gasteiger partial charge in [-0.15, -0.1) is 0 Å². The van der Waals surface area contributed by atoms with Crippen molar-refractivity contribution in [1.29, 1.82) is 0 Å². The average Bonchev–Trinajstić information content (AvgIpc) is 2.91. The van der Waals surface area contributed by atoms with E-state index in [0.717, 1.165) is 39.4 Å². The summed E-state index contributed by atoms with van der Waals surface area (Å²) in [5.41, 5.74) is 4.55. The quantitative estimate of drug-likeness (QED) is 0.222. The molecule has 0 atom stereocenters. The Balaban J connectivity index is 1.57. The topological polar surface area (TPSA) is 25.8 Å². The number of benzene rings is 4. The molecule has 41 heavy (non-hydrogen) atoms. The molecule has 0 bridgehead atoms. The molecule has 5 aromatic rings. The number of nitrogens with zero attached hydrogens (tertiary/aromatic N) is 2. The predicted molar refractivity (Wildman–Crippen MR) is 163 cm³/mol. The van der Waals surface area contributed by atoms with E-state index >= 15 is 0 Å². The van der Waals surface area contributed by atoms with E-state index < -0.39 is 11.7 Å². The summed E-state index contributed by atoms with van der Waals surface area (Å²) in [5.74, 6) is 0. The van der Waals surface area contributed by atoms with Crippen molar-refractivity contribution in [2.75, 3.05) is 0 Å². The summed E-state index contributed by atoms with van der Waals surface area (Å²) in [6, 6.07) is 26.2. The molecular weight excluding hydrogens is 517 g/mol. The number of rotatable bonds is 4. The third kappa shape index (κ3) is 6.35. The van der Waals surface area contributed by atoms with Crippen LogP contribution in [0.5, 0.6) is 0 Å². The summed E-state index contributed by atoms with van der Waals surface area (Å²) >= 11 is 0. The van der Waals surface area contributed by atoms with E-state index in [2.05, 4.69) is 63.6 Å². The molecule has 4 aromatic carbocycles. The van der Waals surface area contributed by atoms with Gasteiger partial charge in [0.15, 0.2) is 0 Å². The second-order valence-corrected chi connectivity index (χ2v) is 13.0. The van der Waals surface area contributed by atoms with E-state index in [1.807, 2.05) is 48.5 Å². The molecule has 0 saturated carbocycles. The number of fused-ring (bicyclic) bond motifs is 1. The van der Waals surface area contributed by atoms with Gasteiger partial charge in [0.05, 0.1) is 17.0 Å². The Morgan fingerprint density at radius 2 is 1.24 bits per heavy atom. The first-order valence-electron chi connectivity index (χ1n) is 13.9. The molecule has 0 amide bonds. The van der Waals surface area contributed by atoms with E-state index in [0.29, 0.717) is 11.3 Å². The van der Waals surface area contributed by atoms with E-state index in [1.54, 1.807) is 12.1 Å². The highest BCUT2D eigenvalue weighted by Crippen LogP contribution is 2.40. The summed E-state index contributed by atoms with van der Waals surface area (Å²) in [5, 5.41) is 2.21. The molecule has 0 unspecified atom stereocenters. The molecule has 0 aliphatic carbocycles. The summed E-state index contributed by atoms with van der Waals surface area (Å²) < 4.78 is 43.3. The maximum absolute atomic E-state index is 14.4. The standard InChI is InChI=1S/C36H35F3N2/c1-34(2,3)21-23-11-13-24(14-12-23)25-15-16-29(31(18-25)36(37,38)39)33-20-32(40-22-41-33)27-17-26-9-7-8-10-28(26)30(19-27)35(4,5)6/h7-20,22H,21H2,1-6H3. The van der Waals surface area contributed by atoms with Crippen LogP contribution in [0.2, 0.25) is 0 Å². The maximum atomic E-state index is 14.4. The lowest BCUT2D eigenvalue weighted by Crippen LogP contribution is -2.12. The monoisotopic (exact) mass is 552 g/mol. The fourth-order valence-electron chi connectivity index (χ4n) is 5.35. The van der Waals surface area contributed by atoms with Crippen LogP contribution in [-0.2, 0) is 18.0 Å². The highest BCUT2D eigenvalue weighted by molar-refractivity contribution is 5.91. The van der Waals surface area contributed by atoms with E-state index in [9.17, 15) is 13.2 Å². The van der Waals surface area contributed by atoms with Crippen LogP contribution in [0.25, 0.3) is 44.4 Å². The van der Waals surface area contributed by atoms with Crippen molar-refractivity contribution in [3.05, 3.63) is 108 Å². The van der Waals surface area contributed by atoms with Crippen LogP contribution >= 0.6 is 0 Å². The third-order valence-electron chi connectivity index (χ3n) is 7.26. The van der Waals surface area contributed by atoms with Gasteiger partial charge in [-0.25, -0.2) is 9.97 Å². The van der Waals surface area contributed by atoms with Gasteiger partial charge in [-0.3, -0.25) is 0 Å². The third-order valence-corrected chi connectivity index (χ3v) is 7.26. The van der Waals surface area contributed by atoms with Gasteiger partial charge >= 0.3 is 6.18 Å². The molecule has 1 heterocycles. The Morgan fingerprint density at radius 1 is 0.610 bits per heavy atom. The molecule has 0 spiro atoms. The van der Waals surface area contributed by atoms with Gasteiger partial charge < -0.3 is 0 Å². The minimum absolute atomic E-state index is 0.0334. The van der Waals surface area contributed by atoms with Crippen molar-refractivity contribution in [3.63, 3.8) is 0 Å². The Labute approximate surface area is 240 Å². The molecule has 0 fully saturated rings. The number of alkyl halides is 3. The lowest BCUT2D eigenvalue weighted by molar-refractivity contribution is -0.137. The fourth-order valence-corrected chi connectivity index (χ4v) is 5.35. The summed E-state index contributed by atoms with van der Waals surface area (Å²) in [6.07, 6.45) is -2.31. The van der Waals surface area contributed by atoms with Crippen molar-refractivity contribution in [2.45, 2.75) is 59.6 Å². The zero-order valence-corrected chi connectivity index (χ0v) is 24.4. The van der Waals surface area contributed by atoms with Crippen molar-refractivity contribution in [1.82, 2.24) is 9.97 Å². The van der Waals surface area contributed by atoms with Crippen molar-refractivity contribution in [2.24, 2.45) is 5.41 Å². The van der Waals surface area contributed by atoms with Crippen LogP contribution in [0.1, 0.15) is 58.2 Å². The van der Waals surface area contributed by atoms with Gasteiger partial charge in [0, 0.05) is 11.1 Å². The van der Waals surface area contributed by atoms with Crippen LogP contribution in [0.15, 0.2) is 91.3 Å². The fraction of sp³-hybridized carbons (Fsp3) is 0.278. The van der Waals surface area contributed by atoms with E-state index in [-0.39, 0.29) is 22.1 Å². The Kier molecular flexibility index (Phi) is 7.27. The zero-order chi connectivity index (χ0) is 29.6. The molecule has 0 N–H and O–H groups in total. The first kappa shape index (κ1) is 28.5. The van der Waals surface area contributed by atoms with Gasteiger partial charge in [0.25, 0.3) is 0 Å². The lowest BCUT2D eigenvalue weighted by Gasteiger charge is -2.22. The van der Waals surface area contributed by atoms with Crippen molar-refractivity contribution in [3.8, 4) is 33.6 Å². The van der Waals surface area contributed by atoms with E-state index in [4.69, 9.17) is 0 Å². The van der Waals surface area contributed by atoms with Gasteiger partial charge in [-0.2, -0.15) is 13.2 Å². The SMILES string of the molecule is CC(C)(C)Cc1ccc(-c2ccc(-c3cc(-c4cc(C(C)(C)C)c5ccccc5c4)ncn3)c(C(F)(F)F)c2)cc1. The van der Waals surface area contributed by atoms with Gasteiger partial charge in [0.1, 0.15) is 6.33 Å². The van der Waals surface area contributed by atoms with Crippen LogP contribution < -0.4 is 0 Å². The van der Waals surface area contributed by atoms with Gasteiger partial charge in [-0.1, -0.05) is 102 Å². The molecule has 2 nitrogen and oxygen atoms in total. The molecule has 1 aromatic heterocycles. The smallest absolute Gasteiger partial charge is 0.236 e. The van der Waals surface area contributed by atoms with Gasteiger partial charge in [-0.05, 0) is 74.5 Å². The highest BCUT2D eigenvalue weighted by atomic mass is 19.4. The van der Waals surface area contributed by atoms with Crippen LogP contribution in [0, 0.1) is 5.41 Å². The number of halogens is 3. The minimum atomic E-state index is -4.55. The molecule has 0 saturated heterocycles. The summed E-state index contributed by atoms with van der Waals surface area (Å²) in [4.78, 5) is 8.74. The molecule has 5 heteroatoms. The van der Waals surface area contributed by atoms with E-state index in [1.165, 1.54) is 18.5 Å². The molecule has 0 aliphatic rings. The van der Waals surface area contributed by atoms with Crippen molar-refractivity contribution >= 4 is 10.8 Å². The summed E-state index contributed by atoms with van der Waals surface area (Å²) in [7, 11) is 0. The molecule has 0 aliphatic heterocycles. The lowest BCUT2D eigenvalue weighted by atomic mass is 9.82. The zero-order valence-electron chi connectivity index (χ0n) is 24.4. The summed E-state index contributed by atoms with van der Waals surface area (Å²) in [6.45, 7) is 12.9. The molecular formula is C36H35F3N2. The van der Waals surface area contributed by atoms with Crippen molar-refractivity contribution < 1.29 is 13.2 Å². The van der Waals surface area contributed by atoms with Crippen LogP contribution in [-0.4, -0.2) is 9.97 Å². The first-order chi connectivity index (χ1) is 19.2. The Bertz CT molecular complexity index is 1700.